The molecule has 138 valence electrons. The number of morpholine rings is 2. The minimum absolute atomic E-state index is 0.751. The lowest BCUT2D eigenvalue weighted by Gasteiger charge is -2.40. The van der Waals surface area contributed by atoms with Crippen molar-refractivity contribution in [2.24, 2.45) is 0 Å². The molecule has 3 aliphatic heterocycles. The normalized spacial score (nSPS) is 24.6. The summed E-state index contributed by atoms with van der Waals surface area (Å²) < 4.78 is 10.9. The van der Waals surface area contributed by atoms with Crippen LogP contribution in [0.3, 0.4) is 0 Å². The van der Waals surface area contributed by atoms with Crippen LogP contribution in [0.15, 0.2) is 24.3 Å². The lowest BCUT2D eigenvalue weighted by atomic mass is 10.0. The zero-order chi connectivity index (χ0) is 16.9. The molecule has 4 rings (SSSR count). The molecule has 3 fully saturated rings. The third kappa shape index (κ3) is 4.53. The molecule has 5 heteroatoms. The molecule has 1 aromatic rings. The first-order valence-corrected chi connectivity index (χ1v) is 9.84. The summed E-state index contributed by atoms with van der Waals surface area (Å²) in [5, 5.41) is 0. The van der Waals surface area contributed by atoms with Gasteiger partial charge in [0.2, 0.25) is 0 Å². The first kappa shape index (κ1) is 17.3. The number of benzene rings is 1. The summed E-state index contributed by atoms with van der Waals surface area (Å²) in [5.74, 6) is 0. The van der Waals surface area contributed by atoms with E-state index in [1.165, 1.54) is 37.2 Å². The second-order valence-electron chi connectivity index (χ2n) is 7.42. The van der Waals surface area contributed by atoms with Crippen molar-refractivity contribution in [2.45, 2.75) is 25.4 Å². The Labute approximate surface area is 151 Å². The van der Waals surface area contributed by atoms with E-state index in [0.717, 1.165) is 65.2 Å². The van der Waals surface area contributed by atoms with Crippen molar-refractivity contribution in [3.8, 4) is 0 Å². The van der Waals surface area contributed by atoms with Crippen molar-refractivity contribution in [2.75, 3.05) is 70.6 Å². The quantitative estimate of drug-likeness (QED) is 0.830. The second kappa shape index (κ2) is 8.49. The summed E-state index contributed by atoms with van der Waals surface area (Å²) in [4.78, 5) is 7.66. The average molecular weight is 345 g/mol. The van der Waals surface area contributed by atoms with Crippen LogP contribution >= 0.6 is 0 Å². The van der Waals surface area contributed by atoms with Gasteiger partial charge < -0.3 is 14.4 Å². The third-order valence-corrected chi connectivity index (χ3v) is 5.84. The maximum atomic E-state index is 5.48. The largest absolute Gasteiger partial charge is 0.379 e. The first-order valence-electron chi connectivity index (χ1n) is 9.84. The van der Waals surface area contributed by atoms with Crippen molar-refractivity contribution in [3.05, 3.63) is 29.8 Å². The second-order valence-corrected chi connectivity index (χ2v) is 7.42. The van der Waals surface area contributed by atoms with Crippen LogP contribution in [-0.2, 0) is 16.0 Å². The molecule has 3 heterocycles. The van der Waals surface area contributed by atoms with E-state index in [9.17, 15) is 0 Å². The zero-order valence-electron chi connectivity index (χ0n) is 15.2. The molecule has 0 aromatic heterocycles. The van der Waals surface area contributed by atoms with E-state index >= 15 is 0 Å². The predicted octanol–water partition coefficient (Wildman–Crippen LogP) is 1.82. The highest BCUT2D eigenvalue weighted by molar-refractivity contribution is 5.48. The van der Waals surface area contributed by atoms with Crippen LogP contribution in [0.5, 0.6) is 0 Å². The summed E-state index contributed by atoms with van der Waals surface area (Å²) in [6.45, 7) is 11.3. The molecular weight excluding hydrogens is 314 g/mol. The SMILES string of the molecule is c1cc(N2CCC(N3CCOCC3)CC2)ccc1CN1CCOCC1. The smallest absolute Gasteiger partial charge is 0.0594 e. The van der Waals surface area contributed by atoms with Gasteiger partial charge in [-0.25, -0.2) is 0 Å². The molecule has 0 bridgehead atoms. The summed E-state index contributed by atoms with van der Waals surface area (Å²) in [6.07, 6.45) is 2.55. The van der Waals surface area contributed by atoms with Gasteiger partial charge in [0, 0.05) is 57.5 Å². The fourth-order valence-corrected chi connectivity index (χ4v) is 4.26. The number of rotatable bonds is 4. The Bertz CT molecular complexity index is 516. The van der Waals surface area contributed by atoms with Gasteiger partial charge in [-0.15, -0.1) is 0 Å². The van der Waals surface area contributed by atoms with Gasteiger partial charge in [0.1, 0.15) is 0 Å². The molecule has 0 atom stereocenters. The molecule has 0 N–H and O–H groups in total. The Morgan fingerprint density at radius 1 is 0.760 bits per heavy atom. The number of hydrogen-bond acceptors (Lipinski definition) is 5. The summed E-state index contributed by atoms with van der Waals surface area (Å²) in [5.41, 5.74) is 2.79. The Kier molecular flexibility index (Phi) is 5.87. The van der Waals surface area contributed by atoms with Crippen LogP contribution in [0, 0.1) is 0 Å². The predicted molar refractivity (Wildman–Crippen MR) is 100 cm³/mol. The minimum Gasteiger partial charge on any atom is -0.379 e. The van der Waals surface area contributed by atoms with Crippen LogP contribution in [0.25, 0.3) is 0 Å². The molecule has 3 saturated heterocycles. The van der Waals surface area contributed by atoms with E-state index in [2.05, 4.69) is 39.0 Å². The van der Waals surface area contributed by atoms with Gasteiger partial charge in [0.05, 0.1) is 26.4 Å². The highest BCUT2D eigenvalue weighted by Gasteiger charge is 2.25. The van der Waals surface area contributed by atoms with Crippen molar-refractivity contribution in [1.29, 1.82) is 0 Å². The fraction of sp³-hybridized carbons (Fsp3) is 0.700. The van der Waals surface area contributed by atoms with Gasteiger partial charge in [-0.3, -0.25) is 9.80 Å². The fourth-order valence-electron chi connectivity index (χ4n) is 4.26. The van der Waals surface area contributed by atoms with E-state index < -0.39 is 0 Å². The minimum atomic E-state index is 0.751. The maximum Gasteiger partial charge on any atom is 0.0594 e. The van der Waals surface area contributed by atoms with Crippen LogP contribution in [-0.4, -0.2) is 81.5 Å². The highest BCUT2D eigenvalue weighted by atomic mass is 16.5. The van der Waals surface area contributed by atoms with Crippen LogP contribution in [0.2, 0.25) is 0 Å². The van der Waals surface area contributed by atoms with Gasteiger partial charge >= 0.3 is 0 Å². The maximum absolute atomic E-state index is 5.48. The van der Waals surface area contributed by atoms with Gasteiger partial charge in [-0.05, 0) is 30.5 Å². The van der Waals surface area contributed by atoms with Crippen LogP contribution in [0.4, 0.5) is 5.69 Å². The molecule has 0 radical (unpaired) electrons. The van der Waals surface area contributed by atoms with Crippen molar-refractivity contribution < 1.29 is 9.47 Å². The molecular formula is C20H31N3O2. The van der Waals surface area contributed by atoms with Gasteiger partial charge in [0.15, 0.2) is 0 Å². The summed E-state index contributed by atoms with van der Waals surface area (Å²) in [7, 11) is 0. The van der Waals surface area contributed by atoms with Crippen molar-refractivity contribution in [1.82, 2.24) is 9.80 Å². The highest BCUT2D eigenvalue weighted by Crippen LogP contribution is 2.24. The number of nitrogens with zero attached hydrogens (tertiary/aromatic N) is 3. The number of anilines is 1. The van der Waals surface area contributed by atoms with Gasteiger partial charge in [-0.1, -0.05) is 12.1 Å². The molecule has 3 aliphatic rings. The lowest BCUT2D eigenvalue weighted by Crippen LogP contribution is -2.49. The molecule has 5 nitrogen and oxygen atoms in total. The molecule has 0 saturated carbocycles. The first-order chi connectivity index (χ1) is 12.4. The van der Waals surface area contributed by atoms with Gasteiger partial charge in [-0.2, -0.15) is 0 Å². The third-order valence-electron chi connectivity index (χ3n) is 5.84. The number of piperidine rings is 1. The standard InChI is InChI=1S/C20H31N3O2/c1-3-19(4-2-18(1)17-21-9-13-24-14-10-21)22-7-5-20(6-8-22)23-11-15-25-16-12-23/h1-4,20H,5-17H2. The van der Waals surface area contributed by atoms with E-state index in [1.54, 1.807) is 0 Å². The Hall–Kier alpha value is -1.14. The molecule has 0 aliphatic carbocycles. The number of hydrogen-bond donors (Lipinski definition) is 0. The average Bonchev–Trinajstić information content (AvgIpc) is 2.70. The van der Waals surface area contributed by atoms with Crippen molar-refractivity contribution in [3.63, 3.8) is 0 Å². The molecule has 0 unspecified atom stereocenters. The molecule has 0 spiro atoms. The van der Waals surface area contributed by atoms with E-state index in [-0.39, 0.29) is 0 Å². The van der Waals surface area contributed by atoms with Crippen LogP contribution < -0.4 is 4.90 Å². The number of ether oxygens (including phenoxy) is 2. The van der Waals surface area contributed by atoms with Crippen molar-refractivity contribution >= 4 is 5.69 Å². The van der Waals surface area contributed by atoms with E-state index in [1.807, 2.05) is 0 Å². The topological polar surface area (TPSA) is 28.2 Å². The zero-order valence-corrected chi connectivity index (χ0v) is 15.2. The Morgan fingerprint density at radius 3 is 2.00 bits per heavy atom. The molecule has 0 amide bonds. The summed E-state index contributed by atoms with van der Waals surface area (Å²) >= 11 is 0. The van der Waals surface area contributed by atoms with Crippen LogP contribution in [0.1, 0.15) is 18.4 Å². The molecule has 1 aromatic carbocycles. The Morgan fingerprint density at radius 2 is 1.36 bits per heavy atom. The lowest BCUT2D eigenvalue weighted by molar-refractivity contribution is 0.0115. The summed E-state index contributed by atoms with van der Waals surface area (Å²) in [6, 6.07) is 9.98. The Balaban J connectivity index is 1.27. The van der Waals surface area contributed by atoms with Gasteiger partial charge in [0.25, 0.3) is 0 Å². The van der Waals surface area contributed by atoms with E-state index in [0.29, 0.717) is 0 Å². The molecule has 25 heavy (non-hydrogen) atoms. The van der Waals surface area contributed by atoms with E-state index in [4.69, 9.17) is 9.47 Å². The monoisotopic (exact) mass is 345 g/mol.